The zero-order valence-corrected chi connectivity index (χ0v) is 12.7. The summed E-state index contributed by atoms with van der Waals surface area (Å²) < 4.78 is 4.72. The molecule has 0 bridgehead atoms. The SMILES string of the molecule is COC(=O)c1ccc(CN2CCCc3c(N)cccc32)cc1. The van der Waals surface area contributed by atoms with E-state index in [9.17, 15) is 4.79 Å². The van der Waals surface area contributed by atoms with E-state index in [1.54, 1.807) is 0 Å². The van der Waals surface area contributed by atoms with Crippen LogP contribution >= 0.6 is 0 Å². The predicted molar refractivity (Wildman–Crippen MR) is 88.0 cm³/mol. The van der Waals surface area contributed by atoms with E-state index >= 15 is 0 Å². The van der Waals surface area contributed by atoms with E-state index in [1.165, 1.54) is 23.9 Å². The molecule has 0 amide bonds. The topological polar surface area (TPSA) is 55.6 Å². The molecule has 0 aromatic heterocycles. The Morgan fingerprint density at radius 1 is 1.23 bits per heavy atom. The average Bonchev–Trinajstić information content (AvgIpc) is 2.56. The number of carbonyl (C=O) groups is 1. The molecule has 2 aromatic carbocycles. The Morgan fingerprint density at radius 3 is 2.73 bits per heavy atom. The van der Waals surface area contributed by atoms with Crippen LogP contribution in [0.3, 0.4) is 0 Å². The highest BCUT2D eigenvalue weighted by Crippen LogP contribution is 2.32. The maximum Gasteiger partial charge on any atom is 0.337 e. The minimum absolute atomic E-state index is 0.303. The largest absolute Gasteiger partial charge is 0.465 e. The number of rotatable bonds is 3. The summed E-state index contributed by atoms with van der Waals surface area (Å²) in [4.78, 5) is 13.8. The highest BCUT2D eigenvalue weighted by Gasteiger charge is 2.18. The molecule has 1 heterocycles. The molecule has 0 atom stereocenters. The van der Waals surface area contributed by atoms with Crippen LogP contribution in [0.25, 0.3) is 0 Å². The van der Waals surface area contributed by atoms with E-state index in [0.717, 1.165) is 31.6 Å². The number of ether oxygens (including phenoxy) is 1. The Labute approximate surface area is 130 Å². The number of esters is 1. The Morgan fingerprint density at radius 2 is 2.00 bits per heavy atom. The van der Waals surface area contributed by atoms with Gasteiger partial charge in [-0.15, -0.1) is 0 Å². The number of benzene rings is 2. The number of carbonyl (C=O) groups excluding carboxylic acids is 1. The van der Waals surface area contributed by atoms with Gasteiger partial charge in [0, 0.05) is 24.5 Å². The molecule has 0 saturated heterocycles. The van der Waals surface area contributed by atoms with Crippen LogP contribution in [0.5, 0.6) is 0 Å². The molecule has 0 spiro atoms. The van der Waals surface area contributed by atoms with Gasteiger partial charge in [0.2, 0.25) is 0 Å². The third-order valence-corrected chi connectivity index (χ3v) is 4.13. The van der Waals surface area contributed by atoms with Gasteiger partial charge in [0.25, 0.3) is 0 Å². The summed E-state index contributed by atoms with van der Waals surface area (Å²) in [5.41, 5.74) is 11.2. The van der Waals surface area contributed by atoms with Crippen molar-refractivity contribution in [2.24, 2.45) is 0 Å². The molecule has 0 fully saturated rings. The zero-order chi connectivity index (χ0) is 15.5. The van der Waals surface area contributed by atoms with Crippen molar-refractivity contribution in [1.29, 1.82) is 0 Å². The summed E-state index contributed by atoms with van der Waals surface area (Å²) in [5.74, 6) is -0.303. The van der Waals surface area contributed by atoms with E-state index < -0.39 is 0 Å². The molecule has 2 N–H and O–H groups in total. The van der Waals surface area contributed by atoms with Gasteiger partial charge in [0.15, 0.2) is 0 Å². The van der Waals surface area contributed by atoms with Gasteiger partial charge in [-0.3, -0.25) is 0 Å². The average molecular weight is 296 g/mol. The molecular formula is C18H20N2O2. The lowest BCUT2D eigenvalue weighted by Crippen LogP contribution is -2.29. The summed E-state index contributed by atoms with van der Waals surface area (Å²) in [6.45, 7) is 1.84. The maximum absolute atomic E-state index is 11.5. The number of hydrogen-bond donors (Lipinski definition) is 1. The Balaban J connectivity index is 1.80. The molecule has 0 radical (unpaired) electrons. The van der Waals surface area contributed by atoms with Gasteiger partial charge in [0.1, 0.15) is 0 Å². The number of methoxy groups -OCH3 is 1. The van der Waals surface area contributed by atoms with Gasteiger partial charge in [0.05, 0.1) is 12.7 Å². The summed E-state index contributed by atoms with van der Waals surface area (Å²) in [6, 6.07) is 13.7. The van der Waals surface area contributed by atoms with E-state index in [4.69, 9.17) is 10.5 Å². The fourth-order valence-electron chi connectivity index (χ4n) is 2.98. The molecule has 0 aliphatic carbocycles. The highest BCUT2D eigenvalue weighted by molar-refractivity contribution is 5.89. The number of anilines is 2. The molecular weight excluding hydrogens is 276 g/mol. The molecule has 0 saturated carbocycles. The first kappa shape index (κ1) is 14.4. The van der Waals surface area contributed by atoms with Crippen LogP contribution in [0.15, 0.2) is 42.5 Å². The van der Waals surface area contributed by atoms with Crippen LogP contribution in [-0.2, 0) is 17.7 Å². The summed E-state index contributed by atoms with van der Waals surface area (Å²) in [7, 11) is 1.39. The van der Waals surface area contributed by atoms with Crippen molar-refractivity contribution in [3.63, 3.8) is 0 Å². The lowest BCUT2D eigenvalue weighted by molar-refractivity contribution is 0.0600. The van der Waals surface area contributed by atoms with Crippen molar-refractivity contribution >= 4 is 17.3 Å². The molecule has 2 aromatic rings. The van der Waals surface area contributed by atoms with Crippen LogP contribution < -0.4 is 10.6 Å². The fourth-order valence-corrected chi connectivity index (χ4v) is 2.98. The standard InChI is InChI=1S/C18H20N2O2/c1-22-18(21)14-9-7-13(8-10-14)12-20-11-3-4-15-16(19)5-2-6-17(15)20/h2,5-10H,3-4,11-12,19H2,1H3. The first-order valence-corrected chi connectivity index (χ1v) is 7.48. The Hall–Kier alpha value is -2.49. The van der Waals surface area contributed by atoms with Crippen molar-refractivity contribution in [3.8, 4) is 0 Å². The monoisotopic (exact) mass is 296 g/mol. The van der Waals surface area contributed by atoms with Crippen molar-refractivity contribution < 1.29 is 9.53 Å². The zero-order valence-electron chi connectivity index (χ0n) is 12.7. The van der Waals surface area contributed by atoms with Crippen LogP contribution in [0.4, 0.5) is 11.4 Å². The molecule has 114 valence electrons. The van der Waals surface area contributed by atoms with Crippen molar-refractivity contribution in [3.05, 3.63) is 59.2 Å². The van der Waals surface area contributed by atoms with Crippen molar-refractivity contribution in [2.75, 3.05) is 24.3 Å². The van der Waals surface area contributed by atoms with Gasteiger partial charge in [-0.25, -0.2) is 4.79 Å². The lowest BCUT2D eigenvalue weighted by atomic mass is 9.99. The second-order valence-corrected chi connectivity index (χ2v) is 5.56. The molecule has 3 rings (SSSR count). The summed E-state index contributed by atoms with van der Waals surface area (Å²) in [5, 5.41) is 0. The second kappa shape index (κ2) is 6.10. The number of nitrogen functional groups attached to an aromatic ring is 1. The third-order valence-electron chi connectivity index (χ3n) is 4.13. The highest BCUT2D eigenvalue weighted by atomic mass is 16.5. The number of hydrogen-bond acceptors (Lipinski definition) is 4. The summed E-state index contributed by atoms with van der Waals surface area (Å²) >= 11 is 0. The maximum atomic E-state index is 11.5. The van der Waals surface area contributed by atoms with Gasteiger partial charge in [-0.1, -0.05) is 18.2 Å². The van der Waals surface area contributed by atoms with Gasteiger partial charge >= 0.3 is 5.97 Å². The smallest absolute Gasteiger partial charge is 0.337 e. The Bertz CT molecular complexity index is 680. The molecule has 0 unspecified atom stereocenters. The second-order valence-electron chi connectivity index (χ2n) is 5.56. The fraction of sp³-hybridized carbons (Fsp3) is 0.278. The van der Waals surface area contributed by atoms with Gasteiger partial charge in [-0.05, 0) is 48.2 Å². The lowest BCUT2D eigenvalue weighted by Gasteiger charge is -2.32. The number of nitrogens with zero attached hydrogens (tertiary/aromatic N) is 1. The number of nitrogens with two attached hydrogens (primary N) is 1. The van der Waals surface area contributed by atoms with E-state index in [0.29, 0.717) is 5.56 Å². The first-order chi connectivity index (χ1) is 10.7. The van der Waals surface area contributed by atoms with Gasteiger partial charge in [-0.2, -0.15) is 0 Å². The van der Waals surface area contributed by atoms with Crippen molar-refractivity contribution in [1.82, 2.24) is 0 Å². The first-order valence-electron chi connectivity index (χ1n) is 7.48. The number of fused-ring (bicyclic) bond motifs is 1. The van der Waals surface area contributed by atoms with Crippen molar-refractivity contribution in [2.45, 2.75) is 19.4 Å². The minimum Gasteiger partial charge on any atom is -0.465 e. The normalized spacial score (nSPS) is 13.6. The van der Waals surface area contributed by atoms with Crippen LogP contribution in [0.1, 0.15) is 27.9 Å². The molecule has 4 nitrogen and oxygen atoms in total. The Kier molecular flexibility index (Phi) is 4.00. The molecule has 22 heavy (non-hydrogen) atoms. The molecule has 4 heteroatoms. The molecule has 1 aliphatic heterocycles. The van der Waals surface area contributed by atoms with E-state index in [1.807, 2.05) is 36.4 Å². The van der Waals surface area contributed by atoms with Crippen LogP contribution in [0, 0.1) is 0 Å². The summed E-state index contributed by atoms with van der Waals surface area (Å²) in [6.07, 6.45) is 2.15. The predicted octanol–water partition coefficient (Wildman–Crippen LogP) is 3.01. The van der Waals surface area contributed by atoms with Gasteiger partial charge < -0.3 is 15.4 Å². The molecule has 1 aliphatic rings. The van der Waals surface area contributed by atoms with Crippen LogP contribution in [-0.4, -0.2) is 19.6 Å². The quantitative estimate of drug-likeness (QED) is 0.699. The minimum atomic E-state index is -0.303. The van der Waals surface area contributed by atoms with E-state index in [-0.39, 0.29) is 5.97 Å². The van der Waals surface area contributed by atoms with E-state index in [2.05, 4.69) is 11.0 Å². The third kappa shape index (κ3) is 2.77. The van der Waals surface area contributed by atoms with Crippen LogP contribution in [0.2, 0.25) is 0 Å².